The molecular weight excluding hydrogens is 457 g/mol. The summed E-state index contributed by atoms with van der Waals surface area (Å²) in [5, 5.41) is 12.1. The van der Waals surface area contributed by atoms with Crippen molar-refractivity contribution in [2.24, 2.45) is 11.8 Å². The fraction of sp³-hybridized carbons (Fsp3) is 0.385. The number of nitrogens with one attached hydrogen (secondary N) is 1. The van der Waals surface area contributed by atoms with Gasteiger partial charge in [0.15, 0.2) is 0 Å². The summed E-state index contributed by atoms with van der Waals surface area (Å²) in [5.74, 6) is 0.116. The maximum Gasteiger partial charge on any atom is 0.416 e. The molecule has 0 aliphatic heterocycles. The lowest BCUT2D eigenvalue weighted by Crippen LogP contribution is -2.24. The second kappa shape index (κ2) is 10.0. The largest absolute Gasteiger partial charge is 0.481 e. The Balaban J connectivity index is 1.49. The number of halogens is 3. The van der Waals surface area contributed by atoms with Crippen molar-refractivity contribution in [3.05, 3.63) is 65.6 Å². The average Bonchev–Trinajstić information content (AvgIpc) is 2.83. The first-order chi connectivity index (χ1) is 16.6. The van der Waals surface area contributed by atoms with E-state index in [0.717, 1.165) is 48.0 Å². The van der Waals surface area contributed by atoms with E-state index in [1.165, 1.54) is 0 Å². The highest BCUT2D eigenvalue weighted by Crippen LogP contribution is 2.38. The minimum absolute atomic E-state index is 0.0591. The number of hydrogen-bond acceptors (Lipinski definition) is 5. The number of pyridine rings is 3. The van der Waals surface area contributed by atoms with E-state index in [-0.39, 0.29) is 17.7 Å². The Morgan fingerprint density at radius 1 is 1.06 bits per heavy atom. The number of carboxylic acid groups (broad SMARTS) is 1. The molecule has 0 amide bonds. The van der Waals surface area contributed by atoms with Crippen molar-refractivity contribution < 1.29 is 23.1 Å². The molecule has 4 rings (SSSR count). The molecule has 1 saturated carbocycles. The Hall–Kier alpha value is -3.49. The molecule has 3 aromatic heterocycles. The monoisotopic (exact) mass is 484 g/mol. The van der Waals surface area contributed by atoms with Crippen LogP contribution in [0, 0.1) is 18.8 Å². The van der Waals surface area contributed by atoms with E-state index in [0.29, 0.717) is 30.3 Å². The van der Waals surface area contributed by atoms with E-state index in [4.69, 9.17) is 0 Å². The fourth-order valence-electron chi connectivity index (χ4n) is 4.62. The minimum Gasteiger partial charge on any atom is -0.481 e. The van der Waals surface area contributed by atoms with Gasteiger partial charge in [0.2, 0.25) is 0 Å². The van der Waals surface area contributed by atoms with E-state index in [1.807, 2.05) is 25.1 Å². The van der Waals surface area contributed by atoms with Gasteiger partial charge in [-0.15, -0.1) is 0 Å². The molecule has 9 heteroatoms. The molecule has 1 aliphatic carbocycles. The first-order valence-corrected chi connectivity index (χ1v) is 11.6. The first-order valence-electron chi connectivity index (χ1n) is 11.6. The molecule has 0 radical (unpaired) electrons. The minimum atomic E-state index is -4.45. The third-order valence-corrected chi connectivity index (χ3v) is 6.69. The van der Waals surface area contributed by atoms with Crippen molar-refractivity contribution in [1.82, 2.24) is 15.0 Å². The zero-order valence-corrected chi connectivity index (χ0v) is 19.5. The maximum atomic E-state index is 13.0. The van der Waals surface area contributed by atoms with Gasteiger partial charge in [-0.2, -0.15) is 13.2 Å². The van der Waals surface area contributed by atoms with E-state index in [9.17, 15) is 23.1 Å². The van der Waals surface area contributed by atoms with Crippen molar-refractivity contribution in [1.29, 1.82) is 0 Å². The molecule has 0 aromatic carbocycles. The van der Waals surface area contributed by atoms with Gasteiger partial charge >= 0.3 is 12.1 Å². The highest BCUT2D eigenvalue weighted by molar-refractivity contribution is 5.70. The van der Waals surface area contributed by atoms with E-state index >= 15 is 0 Å². The molecule has 2 N–H and O–H groups in total. The van der Waals surface area contributed by atoms with Gasteiger partial charge in [-0.3, -0.25) is 9.78 Å². The molecular formula is C26H27F3N4O2. The van der Waals surface area contributed by atoms with Crippen LogP contribution in [-0.2, 0) is 11.0 Å². The van der Waals surface area contributed by atoms with Crippen molar-refractivity contribution in [2.45, 2.75) is 51.6 Å². The van der Waals surface area contributed by atoms with Gasteiger partial charge in [-0.25, -0.2) is 9.97 Å². The Bertz CT molecular complexity index is 1190. The highest BCUT2D eigenvalue weighted by Gasteiger charge is 2.31. The van der Waals surface area contributed by atoms with E-state index < -0.39 is 17.7 Å². The van der Waals surface area contributed by atoms with Crippen LogP contribution in [-0.4, -0.2) is 26.0 Å². The molecule has 184 valence electrons. The van der Waals surface area contributed by atoms with Crippen LogP contribution < -0.4 is 5.32 Å². The van der Waals surface area contributed by atoms with Crippen LogP contribution >= 0.6 is 0 Å². The van der Waals surface area contributed by atoms with Crippen LogP contribution in [0.15, 0.2) is 48.8 Å². The van der Waals surface area contributed by atoms with Gasteiger partial charge in [-0.1, -0.05) is 6.92 Å². The number of nitrogens with zero attached hydrogens (tertiary/aromatic N) is 3. The molecule has 3 aromatic rings. The lowest BCUT2D eigenvalue weighted by Gasteiger charge is -2.30. The zero-order chi connectivity index (χ0) is 25.2. The Kier molecular flexibility index (Phi) is 7.05. The van der Waals surface area contributed by atoms with Crippen LogP contribution in [0.1, 0.15) is 55.3 Å². The number of carbonyl (C=O) groups is 1. The Morgan fingerprint density at radius 3 is 2.43 bits per heavy atom. The lowest BCUT2D eigenvalue weighted by atomic mass is 9.75. The Morgan fingerprint density at radius 2 is 1.80 bits per heavy atom. The lowest BCUT2D eigenvalue weighted by molar-refractivity contribution is -0.143. The third kappa shape index (κ3) is 5.96. The summed E-state index contributed by atoms with van der Waals surface area (Å²) in [6, 6.07) is 9.41. The van der Waals surface area contributed by atoms with Crippen molar-refractivity contribution in [2.75, 3.05) is 5.32 Å². The number of aromatic nitrogens is 3. The van der Waals surface area contributed by atoms with Crippen LogP contribution in [0.3, 0.4) is 0 Å². The van der Waals surface area contributed by atoms with Crippen molar-refractivity contribution in [3.8, 4) is 11.3 Å². The number of alkyl halides is 3. The van der Waals surface area contributed by atoms with Crippen molar-refractivity contribution in [3.63, 3.8) is 0 Å². The highest BCUT2D eigenvalue weighted by atomic mass is 19.4. The van der Waals surface area contributed by atoms with Crippen LogP contribution in [0.4, 0.5) is 24.8 Å². The van der Waals surface area contributed by atoms with Gasteiger partial charge in [0.05, 0.1) is 17.2 Å². The van der Waals surface area contributed by atoms with Crippen LogP contribution in [0.2, 0.25) is 0 Å². The first kappa shape index (κ1) is 24.6. The number of carboxylic acids is 1. The van der Waals surface area contributed by atoms with Gasteiger partial charge in [0.25, 0.3) is 0 Å². The second-order valence-corrected chi connectivity index (χ2v) is 9.18. The number of rotatable bonds is 6. The molecule has 3 heterocycles. The third-order valence-electron chi connectivity index (χ3n) is 6.69. The van der Waals surface area contributed by atoms with Gasteiger partial charge in [0.1, 0.15) is 11.6 Å². The summed E-state index contributed by atoms with van der Waals surface area (Å²) in [7, 11) is 0. The number of aliphatic carboxylic acids is 1. The summed E-state index contributed by atoms with van der Waals surface area (Å²) in [6.45, 7) is 4.01. The summed E-state index contributed by atoms with van der Waals surface area (Å²) >= 11 is 0. The molecule has 1 aliphatic rings. The predicted octanol–water partition coefficient (Wildman–Crippen LogP) is 6.60. The molecule has 1 fully saturated rings. The fourth-order valence-corrected chi connectivity index (χ4v) is 4.62. The van der Waals surface area contributed by atoms with E-state index in [1.54, 1.807) is 12.3 Å². The summed E-state index contributed by atoms with van der Waals surface area (Å²) < 4.78 is 39.0. The predicted molar refractivity (Wildman–Crippen MR) is 126 cm³/mol. The van der Waals surface area contributed by atoms with Crippen LogP contribution in [0.5, 0.6) is 0 Å². The molecule has 6 nitrogen and oxygen atoms in total. The topological polar surface area (TPSA) is 88.0 Å². The molecule has 0 bridgehead atoms. The Labute approximate surface area is 201 Å². The van der Waals surface area contributed by atoms with E-state index in [2.05, 4.69) is 27.2 Å². The molecule has 1 unspecified atom stereocenters. The smallest absolute Gasteiger partial charge is 0.416 e. The number of aryl methyl sites for hydroxylation is 1. The quantitative estimate of drug-likeness (QED) is 0.410. The van der Waals surface area contributed by atoms with Crippen molar-refractivity contribution >= 4 is 17.6 Å². The molecule has 1 atom stereocenters. The van der Waals surface area contributed by atoms with Gasteiger partial charge in [0, 0.05) is 29.6 Å². The average molecular weight is 485 g/mol. The summed E-state index contributed by atoms with van der Waals surface area (Å²) in [6.07, 6.45) is 1.56. The summed E-state index contributed by atoms with van der Waals surface area (Å²) in [4.78, 5) is 24.4. The maximum absolute atomic E-state index is 13.0. The second-order valence-electron chi connectivity index (χ2n) is 9.18. The molecule has 0 spiro atoms. The van der Waals surface area contributed by atoms with Gasteiger partial charge < -0.3 is 10.4 Å². The number of hydrogen-bond donors (Lipinski definition) is 2. The normalized spacial score (nSPS) is 19.2. The van der Waals surface area contributed by atoms with Gasteiger partial charge in [-0.05, 0) is 80.5 Å². The SMILES string of the molecule is Cc1cc(Nc2cc(C(F)(F)F)ccn2)nc(-c2ccc(C(C)[C@H]3CC[C@H](C(=O)O)CC3)nc2)c1. The summed E-state index contributed by atoms with van der Waals surface area (Å²) in [5.41, 5.74) is 2.49. The molecule has 35 heavy (non-hydrogen) atoms. The standard InChI is InChI=1S/C26H27F3N4O2/c1-15-11-22(32-24(12-15)33-23-13-20(9-10-30-23)26(27,28)29)19-7-8-21(31-14-19)16(2)17-3-5-18(6-4-17)25(34)35/h7-14,16-18H,3-6H2,1-2H3,(H,34,35)(H,30,32,33)/t16?,17-,18-. The molecule has 0 saturated heterocycles. The zero-order valence-electron chi connectivity index (χ0n) is 19.5. The number of anilines is 2. The van der Waals surface area contributed by atoms with Crippen LogP contribution in [0.25, 0.3) is 11.3 Å².